The number of halogens is 1. The first-order valence-electron chi connectivity index (χ1n) is 4.63. The number of hydrogen-bond acceptors (Lipinski definition) is 2. The molecule has 0 unspecified atom stereocenters. The van der Waals surface area contributed by atoms with E-state index in [0.717, 1.165) is 10.4 Å². The Morgan fingerprint density at radius 2 is 2.27 bits per heavy atom. The van der Waals surface area contributed by atoms with Gasteiger partial charge in [0, 0.05) is 22.8 Å². The summed E-state index contributed by atoms with van der Waals surface area (Å²) >= 11 is 1.44. The van der Waals surface area contributed by atoms with Crippen molar-refractivity contribution in [2.24, 2.45) is 0 Å². The molecule has 0 aromatic carbocycles. The van der Waals surface area contributed by atoms with Gasteiger partial charge < -0.3 is 0 Å². The summed E-state index contributed by atoms with van der Waals surface area (Å²) in [7, 11) is 0. The van der Waals surface area contributed by atoms with Crippen molar-refractivity contribution in [1.29, 1.82) is 0 Å². The molecule has 76 valence electrons. The van der Waals surface area contributed by atoms with Crippen LogP contribution in [0, 0.1) is 0 Å². The highest BCUT2D eigenvalue weighted by atomic mass is 32.1. The number of pyridine rings is 1. The van der Waals surface area contributed by atoms with Gasteiger partial charge in [0.2, 0.25) is 0 Å². The quantitative estimate of drug-likeness (QED) is 0.739. The summed E-state index contributed by atoms with van der Waals surface area (Å²) in [6.07, 6.45) is 4.98. The van der Waals surface area contributed by atoms with Crippen molar-refractivity contribution in [2.45, 2.75) is 6.92 Å². The average molecular weight is 219 g/mol. The fraction of sp³-hybridized carbons (Fsp3) is 0.0833. The highest BCUT2D eigenvalue weighted by molar-refractivity contribution is 7.16. The van der Waals surface area contributed by atoms with Crippen molar-refractivity contribution in [3.8, 4) is 10.4 Å². The van der Waals surface area contributed by atoms with E-state index >= 15 is 0 Å². The molecule has 0 atom stereocenters. The molecule has 0 fully saturated rings. The van der Waals surface area contributed by atoms with Gasteiger partial charge in [-0.25, -0.2) is 4.39 Å². The maximum absolute atomic E-state index is 13.2. The predicted octanol–water partition coefficient (Wildman–Crippen LogP) is 4.14. The maximum atomic E-state index is 13.2. The van der Waals surface area contributed by atoms with Gasteiger partial charge in [0.15, 0.2) is 0 Å². The number of aromatic nitrogens is 1. The summed E-state index contributed by atoms with van der Waals surface area (Å²) < 4.78 is 13.2. The van der Waals surface area contributed by atoms with Gasteiger partial charge in [-0.05, 0) is 25.1 Å². The van der Waals surface area contributed by atoms with E-state index in [2.05, 4.69) is 4.98 Å². The van der Waals surface area contributed by atoms with Crippen LogP contribution in [0.4, 0.5) is 4.39 Å². The van der Waals surface area contributed by atoms with Gasteiger partial charge in [0.1, 0.15) is 5.83 Å². The van der Waals surface area contributed by atoms with Crippen LogP contribution in [0.25, 0.3) is 16.3 Å². The summed E-state index contributed by atoms with van der Waals surface area (Å²) in [6, 6.07) is 7.55. The molecule has 0 bridgehead atoms. The van der Waals surface area contributed by atoms with Crippen molar-refractivity contribution >= 4 is 17.2 Å². The lowest BCUT2D eigenvalue weighted by atomic mass is 10.2. The molecule has 2 rings (SSSR count). The van der Waals surface area contributed by atoms with Crippen LogP contribution in [0.1, 0.15) is 11.8 Å². The smallest absolute Gasteiger partial charge is 0.136 e. The molecule has 2 aromatic heterocycles. The van der Waals surface area contributed by atoms with Gasteiger partial charge >= 0.3 is 0 Å². The Morgan fingerprint density at radius 1 is 1.40 bits per heavy atom. The first-order chi connectivity index (χ1) is 7.31. The number of thiophene rings is 1. The molecule has 0 N–H and O–H groups in total. The van der Waals surface area contributed by atoms with E-state index in [1.807, 2.05) is 18.2 Å². The Balaban J connectivity index is 2.36. The van der Waals surface area contributed by atoms with E-state index in [4.69, 9.17) is 0 Å². The normalized spacial score (nSPS) is 11.7. The summed E-state index contributed by atoms with van der Waals surface area (Å²) in [4.78, 5) is 5.73. The molecular weight excluding hydrogens is 209 g/mol. The largest absolute Gasteiger partial charge is 0.264 e. The maximum Gasteiger partial charge on any atom is 0.136 e. The van der Waals surface area contributed by atoms with Gasteiger partial charge in [-0.1, -0.05) is 12.1 Å². The molecule has 0 amide bonds. The number of nitrogens with zero attached hydrogens (tertiary/aromatic N) is 1. The Morgan fingerprint density at radius 3 is 2.93 bits per heavy atom. The van der Waals surface area contributed by atoms with Gasteiger partial charge in [-0.15, -0.1) is 11.3 Å². The Bertz CT molecular complexity index is 473. The number of hydrogen-bond donors (Lipinski definition) is 0. The molecule has 0 aliphatic rings. The monoisotopic (exact) mass is 219 g/mol. The highest BCUT2D eigenvalue weighted by Gasteiger charge is 2.05. The molecule has 1 nitrogen and oxygen atoms in total. The van der Waals surface area contributed by atoms with E-state index < -0.39 is 0 Å². The predicted molar refractivity (Wildman–Crippen MR) is 62.3 cm³/mol. The average Bonchev–Trinajstić information content (AvgIpc) is 2.78. The lowest BCUT2D eigenvalue weighted by molar-refractivity contribution is 0.762. The molecule has 2 heterocycles. The Hall–Kier alpha value is -1.48. The molecule has 15 heavy (non-hydrogen) atoms. The first kappa shape index (κ1) is 10.1. The minimum Gasteiger partial charge on any atom is -0.264 e. The lowest BCUT2D eigenvalue weighted by Crippen LogP contribution is -1.72. The topological polar surface area (TPSA) is 12.9 Å². The van der Waals surface area contributed by atoms with Gasteiger partial charge in [0.05, 0.1) is 4.88 Å². The zero-order valence-electron chi connectivity index (χ0n) is 8.27. The molecule has 2 aromatic rings. The zero-order chi connectivity index (χ0) is 10.7. The van der Waals surface area contributed by atoms with Crippen molar-refractivity contribution in [3.05, 3.63) is 47.6 Å². The molecule has 3 heteroatoms. The van der Waals surface area contributed by atoms with Crippen LogP contribution in [-0.2, 0) is 0 Å². The fourth-order valence-electron chi connectivity index (χ4n) is 1.27. The Labute approximate surface area is 91.9 Å². The molecule has 0 aliphatic heterocycles. The standard InChI is InChI=1S/C12H10FNS/c1-2-10(13)12-6-5-11(15-12)9-4-3-7-14-8-9/h2-8H,1H3/b10-2-. The molecule has 0 saturated heterocycles. The van der Waals surface area contributed by atoms with Crippen LogP contribution in [0.15, 0.2) is 42.7 Å². The zero-order valence-corrected chi connectivity index (χ0v) is 9.09. The van der Waals surface area contributed by atoms with Crippen LogP contribution in [0.2, 0.25) is 0 Å². The second-order valence-corrected chi connectivity index (χ2v) is 4.13. The lowest BCUT2D eigenvalue weighted by Gasteiger charge is -1.94. The molecule has 0 spiro atoms. The van der Waals surface area contributed by atoms with Crippen molar-refractivity contribution in [3.63, 3.8) is 0 Å². The van der Waals surface area contributed by atoms with Crippen LogP contribution in [0.5, 0.6) is 0 Å². The van der Waals surface area contributed by atoms with Crippen LogP contribution < -0.4 is 0 Å². The van der Waals surface area contributed by atoms with Gasteiger partial charge in [-0.2, -0.15) is 0 Å². The molecule has 0 saturated carbocycles. The highest BCUT2D eigenvalue weighted by Crippen LogP contribution is 2.31. The van der Waals surface area contributed by atoms with Crippen LogP contribution in [0.3, 0.4) is 0 Å². The Kier molecular flexibility index (Phi) is 2.92. The first-order valence-corrected chi connectivity index (χ1v) is 5.45. The van der Waals surface area contributed by atoms with E-state index in [9.17, 15) is 4.39 Å². The SMILES string of the molecule is C/C=C(\F)c1ccc(-c2cccnc2)s1. The van der Waals surface area contributed by atoms with E-state index in [1.54, 1.807) is 25.4 Å². The fourth-order valence-corrected chi connectivity index (χ4v) is 2.24. The molecular formula is C12H10FNS. The number of rotatable bonds is 2. The van der Waals surface area contributed by atoms with E-state index in [1.165, 1.54) is 17.4 Å². The third-order valence-electron chi connectivity index (χ3n) is 2.04. The summed E-state index contributed by atoms with van der Waals surface area (Å²) in [6.45, 7) is 1.69. The molecule has 0 aliphatic carbocycles. The van der Waals surface area contributed by atoms with E-state index in [0.29, 0.717) is 4.88 Å². The van der Waals surface area contributed by atoms with Crippen LogP contribution in [-0.4, -0.2) is 4.98 Å². The van der Waals surface area contributed by atoms with Gasteiger partial charge in [0.25, 0.3) is 0 Å². The van der Waals surface area contributed by atoms with Gasteiger partial charge in [-0.3, -0.25) is 4.98 Å². The van der Waals surface area contributed by atoms with Crippen molar-refractivity contribution < 1.29 is 4.39 Å². The second-order valence-electron chi connectivity index (χ2n) is 3.04. The van der Waals surface area contributed by atoms with Crippen molar-refractivity contribution in [1.82, 2.24) is 4.98 Å². The summed E-state index contributed by atoms with van der Waals surface area (Å²) in [5.74, 6) is -0.171. The van der Waals surface area contributed by atoms with Crippen LogP contribution >= 0.6 is 11.3 Å². The minimum absolute atomic E-state index is 0.171. The number of allylic oxidation sites excluding steroid dienone is 1. The third kappa shape index (κ3) is 2.13. The van der Waals surface area contributed by atoms with Crippen molar-refractivity contribution in [2.75, 3.05) is 0 Å². The summed E-state index contributed by atoms with van der Waals surface area (Å²) in [5, 5.41) is 0. The molecule has 0 radical (unpaired) electrons. The summed E-state index contributed by atoms with van der Waals surface area (Å²) in [5.41, 5.74) is 1.03. The second kappa shape index (κ2) is 4.36. The minimum atomic E-state index is -0.171. The third-order valence-corrected chi connectivity index (χ3v) is 3.18. The van der Waals surface area contributed by atoms with E-state index in [-0.39, 0.29) is 5.83 Å².